The Bertz CT molecular complexity index is 809. The molecule has 0 bridgehead atoms. The molecule has 2 aromatic carbocycles. The van der Waals surface area contributed by atoms with Crippen LogP contribution in [0.25, 0.3) is 0 Å². The van der Waals surface area contributed by atoms with Crippen LogP contribution in [0.15, 0.2) is 48.5 Å². The number of hydrogen-bond acceptors (Lipinski definition) is 4. The highest BCUT2D eigenvalue weighted by Crippen LogP contribution is 2.24. The van der Waals surface area contributed by atoms with E-state index < -0.39 is 6.04 Å². The van der Waals surface area contributed by atoms with Crippen molar-refractivity contribution in [2.24, 2.45) is 0 Å². The van der Waals surface area contributed by atoms with Crippen LogP contribution < -0.4 is 4.74 Å². The first-order valence-electron chi connectivity index (χ1n) is 8.45. The summed E-state index contributed by atoms with van der Waals surface area (Å²) in [5.74, 6) is 0.163. The summed E-state index contributed by atoms with van der Waals surface area (Å²) in [7, 11) is 1.55. The van der Waals surface area contributed by atoms with Gasteiger partial charge in [-0.1, -0.05) is 24.3 Å². The zero-order chi connectivity index (χ0) is 18.5. The van der Waals surface area contributed by atoms with Gasteiger partial charge in [-0.2, -0.15) is 5.26 Å². The molecule has 1 heterocycles. The van der Waals surface area contributed by atoms with E-state index in [1.54, 1.807) is 36.3 Å². The Balaban J connectivity index is 1.67. The van der Waals surface area contributed by atoms with Crippen LogP contribution in [0, 0.1) is 17.1 Å². The molecule has 1 amide bonds. The summed E-state index contributed by atoms with van der Waals surface area (Å²) in [4.78, 5) is 16.5. The quantitative estimate of drug-likeness (QED) is 0.848. The fourth-order valence-electron chi connectivity index (χ4n) is 3.19. The molecule has 0 N–H and O–H groups in total. The minimum atomic E-state index is -0.445. The summed E-state index contributed by atoms with van der Waals surface area (Å²) < 4.78 is 18.4. The Morgan fingerprint density at radius 2 is 1.77 bits per heavy atom. The normalized spacial score (nSPS) is 16.0. The Kier molecular flexibility index (Phi) is 5.49. The van der Waals surface area contributed by atoms with Crippen molar-refractivity contribution < 1.29 is 13.9 Å². The number of carbonyl (C=O) groups is 1. The monoisotopic (exact) mass is 353 g/mol. The van der Waals surface area contributed by atoms with E-state index in [-0.39, 0.29) is 11.7 Å². The molecule has 1 aliphatic rings. The molecule has 0 aliphatic carbocycles. The van der Waals surface area contributed by atoms with Gasteiger partial charge in [0, 0.05) is 26.2 Å². The summed E-state index contributed by atoms with van der Waals surface area (Å²) in [5, 5.41) is 9.54. The standard InChI is InChI=1S/C20H20FN3O2/c1-26-19-5-3-2-4-17(19)20(25)24-12-10-23(11-13-24)18(14-22)15-6-8-16(21)9-7-15/h2-9,18H,10-13H2,1H3/t18-/m0/s1. The number of para-hydroxylation sites is 1. The van der Waals surface area contributed by atoms with Gasteiger partial charge in [0.1, 0.15) is 17.6 Å². The summed E-state index contributed by atoms with van der Waals surface area (Å²) in [6, 6.07) is 15.0. The number of rotatable bonds is 4. The molecule has 0 unspecified atom stereocenters. The molecule has 1 fully saturated rings. The van der Waals surface area contributed by atoms with E-state index in [9.17, 15) is 14.4 Å². The Morgan fingerprint density at radius 3 is 2.38 bits per heavy atom. The molecule has 0 aromatic heterocycles. The largest absolute Gasteiger partial charge is 0.496 e. The van der Waals surface area contributed by atoms with Gasteiger partial charge in [-0.3, -0.25) is 9.69 Å². The molecule has 1 aliphatic heterocycles. The van der Waals surface area contributed by atoms with Gasteiger partial charge in [0.2, 0.25) is 0 Å². The smallest absolute Gasteiger partial charge is 0.257 e. The van der Waals surface area contributed by atoms with Crippen LogP contribution in [0.1, 0.15) is 22.0 Å². The molecule has 2 aromatic rings. The van der Waals surface area contributed by atoms with E-state index in [4.69, 9.17) is 4.74 Å². The number of hydrogen-bond donors (Lipinski definition) is 0. The maximum absolute atomic E-state index is 13.1. The van der Waals surface area contributed by atoms with Crippen LogP contribution in [-0.2, 0) is 0 Å². The van der Waals surface area contributed by atoms with Crippen molar-refractivity contribution >= 4 is 5.91 Å². The van der Waals surface area contributed by atoms with Crippen molar-refractivity contribution in [1.29, 1.82) is 5.26 Å². The Morgan fingerprint density at radius 1 is 1.12 bits per heavy atom. The van der Waals surface area contributed by atoms with Gasteiger partial charge < -0.3 is 9.64 Å². The number of nitrogens with zero attached hydrogens (tertiary/aromatic N) is 3. The van der Waals surface area contributed by atoms with Crippen LogP contribution >= 0.6 is 0 Å². The van der Waals surface area contributed by atoms with Crippen LogP contribution in [0.5, 0.6) is 5.75 Å². The molecule has 3 rings (SSSR count). The highest BCUT2D eigenvalue weighted by Gasteiger charge is 2.28. The zero-order valence-corrected chi connectivity index (χ0v) is 14.6. The second-order valence-electron chi connectivity index (χ2n) is 6.11. The third-order valence-electron chi connectivity index (χ3n) is 4.61. The lowest BCUT2D eigenvalue weighted by atomic mass is 10.1. The lowest BCUT2D eigenvalue weighted by molar-refractivity contribution is 0.0603. The third kappa shape index (κ3) is 3.68. The molecule has 1 atom stereocenters. The van der Waals surface area contributed by atoms with Gasteiger partial charge in [0.25, 0.3) is 5.91 Å². The molecule has 5 nitrogen and oxygen atoms in total. The van der Waals surface area contributed by atoms with E-state index in [1.807, 2.05) is 17.0 Å². The molecule has 0 radical (unpaired) electrons. The summed E-state index contributed by atoms with van der Waals surface area (Å²) >= 11 is 0. The van der Waals surface area contributed by atoms with Crippen molar-refractivity contribution in [2.45, 2.75) is 6.04 Å². The second kappa shape index (κ2) is 7.98. The second-order valence-corrected chi connectivity index (χ2v) is 6.11. The van der Waals surface area contributed by atoms with Gasteiger partial charge >= 0.3 is 0 Å². The lowest BCUT2D eigenvalue weighted by Crippen LogP contribution is -2.49. The predicted molar refractivity (Wildman–Crippen MR) is 95.2 cm³/mol. The average molecular weight is 353 g/mol. The Hall–Kier alpha value is -2.91. The summed E-state index contributed by atoms with van der Waals surface area (Å²) in [6.45, 7) is 2.21. The summed E-state index contributed by atoms with van der Waals surface area (Å²) in [5.41, 5.74) is 1.30. The number of ether oxygens (including phenoxy) is 1. The van der Waals surface area contributed by atoms with Crippen molar-refractivity contribution in [3.63, 3.8) is 0 Å². The number of halogens is 1. The van der Waals surface area contributed by atoms with Crippen molar-refractivity contribution in [3.05, 3.63) is 65.5 Å². The lowest BCUT2D eigenvalue weighted by Gasteiger charge is -2.37. The number of piperazine rings is 1. The van der Waals surface area contributed by atoms with Crippen LogP contribution in [0.2, 0.25) is 0 Å². The minimum absolute atomic E-state index is 0.0719. The first-order chi connectivity index (χ1) is 12.6. The van der Waals surface area contributed by atoms with Gasteiger partial charge in [-0.15, -0.1) is 0 Å². The van der Waals surface area contributed by atoms with Gasteiger partial charge in [0.05, 0.1) is 18.7 Å². The fourth-order valence-corrected chi connectivity index (χ4v) is 3.19. The van der Waals surface area contributed by atoms with Crippen LogP contribution in [0.4, 0.5) is 4.39 Å². The number of nitriles is 1. The maximum atomic E-state index is 13.1. The third-order valence-corrected chi connectivity index (χ3v) is 4.61. The maximum Gasteiger partial charge on any atom is 0.257 e. The molecule has 26 heavy (non-hydrogen) atoms. The topological polar surface area (TPSA) is 56.6 Å². The number of methoxy groups -OCH3 is 1. The molecular weight excluding hydrogens is 333 g/mol. The number of carbonyl (C=O) groups excluding carboxylic acids is 1. The number of benzene rings is 2. The fraction of sp³-hybridized carbons (Fsp3) is 0.300. The van der Waals surface area contributed by atoms with Crippen LogP contribution in [0.3, 0.4) is 0 Å². The van der Waals surface area contributed by atoms with E-state index in [0.29, 0.717) is 37.5 Å². The molecule has 0 saturated carbocycles. The highest BCUT2D eigenvalue weighted by atomic mass is 19.1. The average Bonchev–Trinajstić information content (AvgIpc) is 2.70. The zero-order valence-electron chi connectivity index (χ0n) is 14.6. The van der Waals surface area contributed by atoms with Gasteiger partial charge in [0.15, 0.2) is 0 Å². The summed E-state index contributed by atoms with van der Waals surface area (Å²) in [6.07, 6.45) is 0. The van der Waals surface area contributed by atoms with E-state index in [1.165, 1.54) is 12.1 Å². The first-order valence-corrected chi connectivity index (χ1v) is 8.45. The van der Waals surface area contributed by atoms with E-state index >= 15 is 0 Å². The van der Waals surface area contributed by atoms with Crippen LogP contribution in [-0.4, -0.2) is 49.0 Å². The highest BCUT2D eigenvalue weighted by molar-refractivity contribution is 5.97. The Labute approximate surface area is 152 Å². The molecule has 1 saturated heterocycles. The van der Waals surface area contributed by atoms with Crippen molar-refractivity contribution in [1.82, 2.24) is 9.80 Å². The predicted octanol–water partition coefficient (Wildman–Crippen LogP) is 2.86. The van der Waals surface area contributed by atoms with Gasteiger partial charge in [-0.05, 0) is 29.8 Å². The SMILES string of the molecule is COc1ccccc1C(=O)N1CCN([C@@H](C#N)c2ccc(F)cc2)CC1. The van der Waals surface area contributed by atoms with E-state index in [0.717, 1.165) is 5.56 Å². The first kappa shape index (κ1) is 17.9. The molecule has 0 spiro atoms. The van der Waals surface area contributed by atoms with Crippen molar-refractivity contribution in [2.75, 3.05) is 33.3 Å². The molecule has 6 heteroatoms. The van der Waals surface area contributed by atoms with E-state index in [2.05, 4.69) is 6.07 Å². The van der Waals surface area contributed by atoms with Crippen molar-refractivity contribution in [3.8, 4) is 11.8 Å². The minimum Gasteiger partial charge on any atom is -0.496 e. The van der Waals surface area contributed by atoms with Gasteiger partial charge in [-0.25, -0.2) is 4.39 Å². The molecular formula is C20H20FN3O2. The molecule has 134 valence electrons. The number of amides is 1.